The Balaban J connectivity index is 1.66. The molecule has 5 nitrogen and oxygen atoms in total. The van der Waals surface area contributed by atoms with Crippen LogP contribution in [0, 0.1) is 0 Å². The first-order valence-electron chi connectivity index (χ1n) is 7.36. The molecule has 0 radical (unpaired) electrons. The molecule has 116 valence electrons. The van der Waals surface area contributed by atoms with Crippen LogP contribution in [0.25, 0.3) is 0 Å². The van der Waals surface area contributed by atoms with Crippen LogP contribution in [0.5, 0.6) is 0 Å². The zero-order valence-corrected chi connectivity index (χ0v) is 13.1. The molecule has 1 unspecified atom stereocenters. The Hall–Kier alpha value is -1.76. The van der Waals surface area contributed by atoms with Crippen molar-refractivity contribution in [2.24, 2.45) is 5.73 Å². The van der Waals surface area contributed by atoms with Crippen molar-refractivity contribution in [3.05, 3.63) is 52.0 Å². The predicted molar refractivity (Wildman–Crippen MR) is 85.9 cm³/mol. The second-order valence-corrected chi connectivity index (χ2v) is 6.16. The van der Waals surface area contributed by atoms with Crippen molar-refractivity contribution in [2.45, 2.75) is 12.5 Å². The van der Waals surface area contributed by atoms with Gasteiger partial charge in [-0.25, -0.2) is 4.98 Å². The van der Waals surface area contributed by atoms with Crippen LogP contribution in [0.2, 0.25) is 0 Å². The highest BCUT2D eigenvalue weighted by Crippen LogP contribution is 2.21. The summed E-state index contributed by atoms with van der Waals surface area (Å²) < 4.78 is 5.26. The van der Waals surface area contributed by atoms with E-state index in [4.69, 9.17) is 10.5 Å². The Morgan fingerprint density at radius 3 is 2.77 bits per heavy atom. The lowest BCUT2D eigenvalue weighted by atomic mass is 10.1. The minimum atomic E-state index is -0.182. The van der Waals surface area contributed by atoms with E-state index in [1.54, 1.807) is 10.3 Å². The van der Waals surface area contributed by atoms with Crippen molar-refractivity contribution in [1.82, 2.24) is 9.88 Å². The van der Waals surface area contributed by atoms with Crippen LogP contribution >= 0.6 is 11.3 Å². The standard InChI is InChI=1S/C16H19N3O2S/c17-13(10-12-4-2-1-3-5-12)15-18-14(11-22-15)16(20)19-6-8-21-9-7-19/h1-5,11,13H,6-10,17H2. The van der Waals surface area contributed by atoms with Crippen LogP contribution in [0.15, 0.2) is 35.7 Å². The van der Waals surface area contributed by atoms with E-state index in [1.165, 1.54) is 16.9 Å². The Morgan fingerprint density at radius 2 is 2.05 bits per heavy atom. The van der Waals surface area contributed by atoms with Gasteiger partial charge in [0.25, 0.3) is 5.91 Å². The summed E-state index contributed by atoms with van der Waals surface area (Å²) in [5.74, 6) is -0.0299. The van der Waals surface area contributed by atoms with Gasteiger partial charge in [-0.05, 0) is 12.0 Å². The minimum absolute atomic E-state index is 0.0299. The molecule has 2 N–H and O–H groups in total. The largest absolute Gasteiger partial charge is 0.378 e. The average Bonchev–Trinajstić information content (AvgIpc) is 3.06. The van der Waals surface area contributed by atoms with Crippen molar-refractivity contribution in [3.8, 4) is 0 Å². The van der Waals surface area contributed by atoms with E-state index < -0.39 is 0 Å². The summed E-state index contributed by atoms with van der Waals surface area (Å²) in [5.41, 5.74) is 7.89. The summed E-state index contributed by atoms with van der Waals surface area (Å²) in [7, 11) is 0. The van der Waals surface area contributed by atoms with Crippen molar-refractivity contribution in [2.75, 3.05) is 26.3 Å². The predicted octanol–water partition coefficient (Wildman–Crippen LogP) is 1.86. The molecular formula is C16H19N3O2S. The van der Waals surface area contributed by atoms with Crippen molar-refractivity contribution in [1.29, 1.82) is 0 Å². The molecule has 1 aromatic carbocycles. The number of nitrogens with zero attached hydrogens (tertiary/aromatic N) is 2. The third-order valence-corrected chi connectivity index (χ3v) is 4.63. The first kappa shape index (κ1) is 15.1. The van der Waals surface area contributed by atoms with E-state index in [1.807, 2.05) is 30.3 Å². The number of ether oxygens (including phenoxy) is 1. The molecule has 2 heterocycles. The van der Waals surface area contributed by atoms with Gasteiger partial charge in [-0.2, -0.15) is 0 Å². The zero-order chi connectivity index (χ0) is 15.4. The fourth-order valence-corrected chi connectivity index (χ4v) is 3.24. The Bertz CT molecular complexity index is 623. The van der Waals surface area contributed by atoms with Crippen molar-refractivity contribution < 1.29 is 9.53 Å². The molecule has 0 aliphatic carbocycles. The van der Waals surface area contributed by atoms with Crippen LogP contribution < -0.4 is 5.73 Å². The topological polar surface area (TPSA) is 68.5 Å². The molecule has 1 aromatic heterocycles. The number of morpholine rings is 1. The first-order valence-corrected chi connectivity index (χ1v) is 8.24. The average molecular weight is 317 g/mol. The monoisotopic (exact) mass is 317 g/mol. The normalized spacial score (nSPS) is 16.5. The van der Waals surface area contributed by atoms with Gasteiger partial charge in [0.2, 0.25) is 0 Å². The highest BCUT2D eigenvalue weighted by molar-refractivity contribution is 7.09. The molecule has 1 aliphatic heterocycles. The maximum absolute atomic E-state index is 12.4. The summed E-state index contributed by atoms with van der Waals surface area (Å²) >= 11 is 1.45. The maximum Gasteiger partial charge on any atom is 0.273 e. The lowest BCUT2D eigenvalue weighted by Gasteiger charge is -2.26. The molecule has 0 spiro atoms. The smallest absolute Gasteiger partial charge is 0.273 e. The molecule has 6 heteroatoms. The second kappa shape index (κ2) is 7.00. The summed E-state index contributed by atoms with van der Waals surface area (Å²) in [6.45, 7) is 2.44. The Labute approximate surface area is 133 Å². The maximum atomic E-state index is 12.4. The van der Waals surface area contributed by atoms with Crippen molar-refractivity contribution >= 4 is 17.2 Å². The van der Waals surface area contributed by atoms with Gasteiger partial charge in [0.05, 0.1) is 19.3 Å². The third-order valence-electron chi connectivity index (χ3n) is 3.66. The number of thiazole rings is 1. The van der Waals surface area contributed by atoms with Gasteiger partial charge in [-0.1, -0.05) is 30.3 Å². The molecule has 1 fully saturated rings. The van der Waals surface area contributed by atoms with Gasteiger partial charge in [0, 0.05) is 18.5 Å². The van der Waals surface area contributed by atoms with Gasteiger partial charge in [-0.3, -0.25) is 4.79 Å². The molecule has 0 bridgehead atoms. The number of amides is 1. The minimum Gasteiger partial charge on any atom is -0.378 e. The fourth-order valence-electron chi connectivity index (χ4n) is 2.44. The zero-order valence-electron chi connectivity index (χ0n) is 12.3. The van der Waals surface area contributed by atoms with Crippen LogP contribution in [0.4, 0.5) is 0 Å². The lowest BCUT2D eigenvalue weighted by molar-refractivity contribution is 0.0299. The van der Waals surface area contributed by atoms with Gasteiger partial charge in [0.1, 0.15) is 10.7 Å². The number of nitrogens with two attached hydrogens (primary N) is 1. The summed E-state index contributed by atoms with van der Waals surface area (Å²) in [5, 5.41) is 2.61. The molecule has 22 heavy (non-hydrogen) atoms. The molecule has 3 rings (SSSR count). The van der Waals surface area contributed by atoms with E-state index in [0.717, 1.165) is 11.4 Å². The molecule has 1 atom stereocenters. The number of benzene rings is 1. The molecule has 2 aromatic rings. The van der Waals surface area contributed by atoms with E-state index in [0.29, 0.717) is 32.0 Å². The molecule has 1 saturated heterocycles. The number of rotatable bonds is 4. The van der Waals surface area contributed by atoms with Crippen molar-refractivity contribution in [3.63, 3.8) is 0 Å². The fraction of sp³-hybridized carbons (Fsp3) is 0.375. The molecule has 1 amide bonds. The number of aromatic nitrogens is 1. The van der Waals surface area contributed by atoms with E-state index in [9.17, 15) is 4.79 Å². The SMILES string of the molecule is NC(Cc1ccccc1)c1nc(C(=O)N2CCOCC2)cs1. The second-order valence-electron chi connectivity index (χ2n) is 5.27. The lowest BCUT2D eigenvalue weighted by Crippen LogP contribution is -2.40. The van der Waals surface area contributed by atoms with Gasteiger partial charge in [0.15, 0.2) is 0 Å². The number of carbonyl (C=O) groups is 1. The van der Waals surface area contributed by atoms with E-state index in [-0.39, 0.29) is 11.9 Å². The van der Waals surface area contributed by atoms with Crippen LogP contribution in [0.3, 0.4) is 0 Å². The van der Waals surface area contributed by atoms with Gasteiger partial charge < -0.3 is 15.4 Å². The van der Waals surface area contributed by atoms with E-state index in [2.05, 4.69) is 4.98 Å². The summed E-state index contributed by atoms with van der Waals surface area (Å²) in [4.78, 5) is 18.6. The van der Waals surface area contributed by atoms with Crippen LogP contribution in [-0.4, -0.2) is 42.1 Å². The molecule has 0 saturated carbocycles. The van der Waals surface area contributed by atoms with E-state index >= 15 is 0 Å². The first-order chi connectivity index (χ1) is 10.7. The third kappa shape index (κ3) is 3.52. The highest BCUT2D eigenvalue weighted by atomic mass is 32.1. The number of carbonyl (C=O) groups excluding carboxylic acids is 1. The number of hydrogen-bond donors (Lipinski definition) is 1. The molecular weight excluding hydrogens is 298 g/mol. The number of hydrogen-bond acceptors (Lipinski definition) is 5. The highest BCUT2D eigenvalue weighted by Gasteiger charge is 2.22. The van der Waals surface area contributed by atoms with Gasteiger partial charge >= 0.3 is 0 Å². The summed E-state index contributed by atoms with van der Waals surface area (Å²) in [6.07, 6.45) is 0.722. The van der Waals surface area contributed by atoms with Gasteiger partial charge in [-0.15, -0.1) is 11.3 Å². The summed E-state index contributed by atoms with van der Waals surface area (Å²) in [6, 6.07) is 9.89. The quantitative estimate of drug-likeness (QED) is 0.934. The Morgan fingerprint density at radius 1 is 1.32 bits per heavy atom. The van der Waals surface area contributed by atoms with Crippen LogP contribution in [-0.2, 0) is 11.2 Å². The molecule has 1 aliphatic rings. The van der Waals surface area contributed by atoms with Crippen LogP contribution in [0.1, 0.15) is 27.1 Å². The Kier molecular flexibility index (Phi) is 4.82.